The second-order valence-electron chi connectivity index (χ2n) is 15.0. The minimum Gasteiger partial charge on any atom is -0.459 e. The highest BCUT2D eigenvalue weighted by molar-refractivity contribution is 5.99. The average Bonchev–Trinajstić information content (AvgIpc) is 3.97. The van der Waals surface area contributed by atoms with Gasteiger partial charge >= 0.3 is 0 Å². The largest absolute Gasteiger partial charge is 0.459 e. The number of furan rings is 1. The van der Waals surface area contributed by atoms with Gasteiger partial charge in [-0.3, -0.25) is 4.99 Å². The van der Waals surface area contributed by atoms with Gasteiger partial charge in [-0.2, -0.15) is 5.01 Å². The number of fused-ring (bicyclic) bond motifs is 3. The lowest BCUT2D eigenvalue weighted by Crippen LogP contribution is -2.11. The van der Waals surface area contributed by atoms with E-state index in [-0.39, 0.29) is 12.3 Å². The SMILES string of the molecule is CC1CC=Cc2c1oc1c(-c3ccc(-c4ccccc4)c(Nc4cccc(C5NN5C(/N=C/c5ccccc5)c5cccc(-c6ccccc6)c5)c4)c3)cccc21. The second kappa shape index (κ2) is 15.0. The van der Waals surface area contributed by atoms with Crippen molar-refractivity contribution < 1.29 is 4.42 Å². The summed E-state index contributed by atoms with van der Waals surface area (Å²) < 4.78 is 6.65. The van der Waals surface area contributed by atoms with Gasteiger partial charge in [-0.25, -0.2) is 5.43 Å². The smallest absolute Gasteiger partial charge is 0.142 e. The van der Waals surface area contributed by atoms with Crippen LogP contribution in [0.3, 0.4) is 0 Å². The van der Waals surface area contributed by atoms with Gasteiger partial charge in [0.25, 0.3) is 0 Å². The molecule has 5 heteroatoms. The molecular formula is C52H42N4O. The molecule has 1 saturated heterocycles. The van der Waals surface area contributed by atoms with Crippen LogP contribution in [0.25, 0.3) is 50.4 Å². The maximum Gasteiger partial charge on any atom is 0.142 e. The Bertz CT molecular complexity index is 2750. The molecule has 276 valence electrons. The summed E-state index contributed by atoms with van der Waals surface area (Å²) in [7, 11) is 0. The standard InChI is InChI=1S/C52H42N4O/c1-35-15-11-27-46-47-28-14-26-45(50(47)57-49(35)46)40-29-30-44(38-20-9-4-10-21-38)48(33-40)54-43-25-13-24-42(32-43)52-55-56(52)51(53-34-36-16-5-2-6-17-36)41-23-12-22-39(31-41)37-18-7-3-8-19-37/h2-14,16-35,51-52,54-55H,15H2,1H3/b53-34+. The van der Waals surface area contributed by atoms with Gasteiger partial charge in [-0.15, -0.1) is 0 Å². The van der Waals surface area contributed by atoms with E-state index in [1.54, 1.807) is 0 Å². The molecule has 8 aromatic rings. The molecule has 10 rings (SSSR count). The van der Waals surface area contributed by atoms with Crippen molar-refractivity contribution in [2.45, 2.75) is 31.6 Å². The molecule has 5 nitrogen and oxygen atoms in total. The van der Waals surface area contributed by atoms with E-state index in [0.29, 0.717) is 5.92 Å². The van der Waals surface area contributed by atoms with Gasteiger partial charge in [0.15, 0.2) is 0 Å². The number of nitrogens with one attached hydrogen (secondary N) is 2. The Morgan fingerprint density at radius 1 is 0.684 bits per heavy atom. The molecule has 1 aromatic heterocycles. The Morgan fingerprint density at radius 3 is 2.25 bits per heavy atom. The Hall–Kier alpha value is -6.79. The fourth-order valence-electron chi connectivity index (χ4n) is 8.12. The van der Waals surface area contributed by atoms with Crippen molar-refractivity contribution in [2.75, 3.05) is 5.32 Å². The minimum atomic E-state index is -0.231. The monoisotopic (exact) mass is 738 g/mol. The highest BCUT2D eigenvalue weighted by Crippen LogP contribution is 2.44. The second-order valence-corrected chi connectivity index (χ2v) is 15.0. The fraction of sp³-hybridized carbons (Fsp3) is 0.0962. The normalized spacial score (nSPS) is 17.7. The lowest BCUT2D eigenvalue weighted by Gasteiger charge is -2.17. The Morgan fingerprint density at radius 2 is 1.42 bits per heavy atom. The molecule has 0 radical (unpaired) electrons. The summed E-state index contributed by atoms with van der Waals surface area (Å²) in [4.78, 5) is 5.17. The summed E-state index contributed by atoms with van der Waals surface area (Å²) in [6, 6.07) is 62.0. The highest BCUT2D eigenvalue weighted by atomic mass is 16.3. The third-order valence-corrected chi connectivity index (χ3v) is 11.1. The van der Waals surface area contributed by atoms with Crippen LogP contribution < -0.4 is 10.7 Å². The molecule has 0 amide bonds. The van der Waals surface area contributed by atoms with Gasteiger partial charge in [-0.1, -0.05) is 171 Å². The van der Waals surface area contributed by atoms with E-state index in [0.717, 1.165) is 68.1 Å². The molecular weight excluding hydrogens is 697 g/mol. The Labute approximate surface area is 333 Å². The molecule has 1 aliphatic carbocycles. The van der Waals surface area contributed by atoms with E-state index in [1.807, 2.05) is 24.4 Å². The van der Waals surface area contributed by atoms with Gasteiger partial charge in [0.1, 0.15) is 23.7 Å². The molecule has 2 N–H and O–H groups in total. The van der Waals surface area contributed by atoms with Crippen molar-refractivity contribution in [2.24, 2.45) is 4.99 Å². The fourth-order valence-corrected chi connectivity index (χ4v) is 8.12. The number of nitrogens with zero attached hydrogens (tertiary/aromatic N) is 2. The number of allylic oxidation sites excluding steroid dienone is 1. The van der Waals surface area contributed by atoms with E-state index >= 15 is 0 Å². The van der Waals surface area contributed by atoms with Crippen LogP contribution in [0.5, 0.6) is 0 Å². The number of rotatable bonds is 10. The van der Waals surface area contributed by atoms with Crippen LogP contribution in [0, 0.1) is 0 Å². The lowest BCUT2D eigenvalue weighted by atomic mass is 9.93. The first-order valence-corrected chi connectivity index (χ1v) is 19.7. The number of hydrazine groups is 1. The van der Waals surface area contributed by atoms with Crippen LogP contribution in [0.15, 0.2) is 191 Å². The predicted molar refractivity (Wildman–Crippen MR) is 235 cm³/mol. The number of hydrogen-bond donors (Lipinski definition) is 2. The summed E-state index contributed by atoms with van der Waals surface area (Å²) in [5, 5.41) is 7.24. The van der Waals surface area contributed by atoms with Crippen LogP contribution >= 0.6 is 0 Å². The molecule has 4 unspecified atom stereocenters. The Balaban J connectivity index is 0.981. The zero-order valence-corrected chi connectivity index (χ0v) is 31.7. The zero-order valence-electron chi connectivity index (χ0n) is 31.7. The van der Waals surface area contributed by atoms with Gasteiger partial charge in [0, 0.05) is 45.6 Å². The van der Waals surface area contributed by atoms with Crippen molar-refractivity contribution >= 4 is 34.6 Å². The summed E-state index contributed by atoms with van der Waals surface area (Å²) in [5.74, 6) is 1.44. The summed E-state index contributed by atoms with van der Waals surface area (Å²) in [6.45, 7) is 2.24. The van der Waals surface area contributed by atoms with Crippen LogP contribution in [0.4, 0.5) is 11.4 Å². The van der Waals surface area contributed by atoms with Crippen molar-refractivity contribution in [3.8, 4) is 33.4 Å². The predicted octanol–water partition coefficient (Wildman–Crippen LogP) is 13.3. The summed E-state index contributed by atoms with van der Waals surface area (Å²) in [6.07, 6.45) is 7.21. The number of para-hydroxylation sites is 1. The number of benzene rings is 7. The zero-order chi connectivity index (χ0) is 38.1. The van der Waals surface area contributed by atoms with Crippen LogP contribution in [-0.2, 0) is 0 Å². The third kappa shape index (κ3) is 7.00. The lowest BCUT2D eigenvalue weighted by molar-refractivity contribution is 0.372. The molecule has 0 bridgehead atoms. The van der Waals surface area contributed by atoms with E-state index in [9.17, 15) is 0 Å². The van der Waals surface area contributed by atoms with E-state index in [2.05, 4.69) is 193 Å². The van der Waals surface area contributed by atoms with E-state index in [1.165, 1.54) is 22.1 Å². The van der Waals surface area contributed by atoms with Crippen LogP contribution in [-0.4, -0.2) is 11.2 Å². The maximum absolute atomic E-state index is 6.65. The van der Waals surface area contributed by atoms with E-state index < -0.39 is 0 Å². The molecule has 7 aromatic carbocycles. The molecule has 57 heavy (non-hydrogen) atoms. The summed E-state index contributed by atoms with van der Waals surface area (Å²) >= 11 is 0. The first kappa shape index (κ1) is 34.7. The molecule has 2 aliphatic rings. The molecule has 1 fully saturated rings. The van der Waals surface area contributed by atoms with Crippen molar-refractivity contribution in [1.29, 1.82) is 0 Å². The average molecular weight is 739 g/mol. The molecule has 1 aliphatic heterocycles. The van der Waals surface area contributed by atoms with Crippen molar-refractivity contribution in [3.05, 3.63) is 210 Å². The first-order valence-electron chi connectivity index (χ1n) is 19.7. The van der Waals surface area contributed by atoms with Crippen LogP contribution in [0.2, 0.25) is 0 Å². The number of hydrogen-bond acceptors (Lipinski definition) is 5. The van der Waals surface area contributed by atoms with Gasteiger partial charge in [0.2, 0.25) is 0 Å². The highest BCUT2D eigenvalue weighted by Gasteiger charge is 2.41. The topological polar surface area (TPSA) is 62.5 Å². The molecule has 0 saturated carbocycles. The van der Waals surface area contributed by atoms with Gasteiger partial charge < -0.3 is 9.73 Å². The number of anilines is 2. The van der Waals surface area contributed by atoms with Gasteiger partial charge in [-0.05, 0) is 69.6 Å². The number of aliphatic imine (C=N–C) groups is 1. The molecule has 2 heterocycles. The Kier molecular flexibility index (Phi) is 9.15. The minimum absolute atomic E-state index is 0.0102. The third-order valence-electron chi connectivity index (χ3n) is 11.1. The van der Waals surface area contributed by atoms with Crippen LogP contribution in [0.1, 0.15) is 59.6 Å². The van der Waals surface area contributed by atoms with Crippen molar-refractivity contribution in [1.82, 2.24) is 10.4 Å². The summed E-state index contributed by atoms with van der Waals surface area (Å²) in [5.41, 5.74) is 18.0. The van der Waals surface area contributed by atoms with Crippen molar-refractivity contribution in [3.63, 3.8) is 0 Å². The van der Waals surface area contributed by atoms with E-state index in [4.69, 9.17) is 9.41 Å². The molecule has 4 atom stereocenters. The molecule has 0 spiro atoms. The van der Waals surface area contributed by atoms with Gasteiger partial charge in [0.05, 0.1) is 0 Å². The first-order chi connectivity index (χ1) is 28.2. The maximum atomic E-state index is 6.65. The quantitative estimate of drug-likeness (QED) is 0.108.